The molecule has 0 unspecified atom stereocenters. The molecule has 32 heavy (non-hydrogen) atoms. The van der Waals surface area contributed by atoms with E-state index in [-0.39, 0.29) is 36.0 Å². The Bertz CT molecular complexity index is 1060. The summed E-state index contributed by atoms with van der Waals surface area (Å²) in [5.74, 6) is 0.689. The Labute approximate surface area is 185 Å². The predicted octanol–water partition coefficient (Wildman–Crippen LogP) is 3.15. The molecule has 2 atom stereocenters. The van der Waals surface area contributed by atoms with Gasteiger partial charge in [-0.25, -0.2) is 13.4 Å². The molecule has 0 spiro atoms. The maximum Gasteiger partial charge on any atom is 0.416 e. The molecule has 11 heteroatoms. The highest BCUT2D eigenvalue weighted by Crippen LogP contribution is 2.32. The summed E-state index contributed by atoms with van der Waals surface area (Å²) < 4.78 is 72.3. The van der Waals surface area contributed by atoms with Crippen LogP contribution in [0.3, 0.4) is 0 Å². The van der Waals surface area contributed by atoms with E-state index >= 15 is 0 Å². The standard InChI is InChI=1S/C21H25F3N4O3S/c1-14(2)19-10-26-20(11-25-19)31-17-9-16-12-28(7-6-27(16)13-17)32(29,30)18-5-3-4-15(8-18)21(22,23)24/h3-5,8,10-11,14,16-17H,6-7,9,12-13H2,1-2H3/t16-,17-/m0/s1. The maximum absolute atomic E-state index is 13.0. The summed E-state index contributed by atoms with van der Waals surface area (Å²) in [6.07, 6.45) is -0.878. The van der Waals surface area contributed by atoms with Crippen LogP contribution >= 0.6 is 0 Å². The number of hydrogen-bond donors (Lipinski definition) is 0. The highest BCUT2D eigenvalue weighted by molar-refractivity contribution is 7.89. The second-order valence-electron chi connectivity index (χ2n) is 8.45. The van der Waals surface area contributed by atoms with E-state index in [2.05, 4.69) is 14.9 Å². The fourth-order valence-electron chi connectivity index (χ4n) is 4.11. The Morgan fingerprint density at radius 3 is 2.56 bits per heavy atom. The molecular formula is C21H25F3N4O3S. The summed E-state index contributed by atoms with van der Waals surface area (Å²) in [5.41, 5.74) is -0.104. The first-order valence-corrected chi connectivity index (χ1v) is 11.9. The fraction of sp³-hybridized carbons (Fsp3) is 0.524. The lowest BCUT2D eigenvalue weighted by atomic mass is 10.1. The molecule has 4 rings (SSSR count). The number of halogens is 3. The molecular weight excluding hydrogens is 445 g/mol. The van der Waals surface area contributed by atoms with Crippen LogP contribution in [0.1, 0.15) is 37.4 Å². The molecule has 0 bridgehead atoms. The quantitative estimate of drug-likeness (QED) is 0.669. The zero-order valence-electron chi connectivity index (χ0n) is 17.8. The van der Waals surface area contributed by atoms with E-state index in [9.17, 15) is 21.6 Å². The Balaban J connectivity index is 1.42. The SMILES string of the molecule is CC(C)c1cnc(O[C@H]2C[C@H]3CN(S(=O)(=O)c4cccc(C(F)(F)F)c4)CCN3C2)cn1. The monoisotopic (exact) mass is 470 g/mol. The molecule has 0 saturated carbocycles. The minimum atomic E-state index is -4.60. The van der Waals surface area contributed by atoms with E-state index in [1.54, 1.807) is 12.4 Å². The van der Waals surface area contributed by atoms with Gasteiger partial charge in [0.15, 0.2) is 0 Å². The van der Waals surface area contributed by atoms with E-state index < -0.39 is 21.8 Å². The van der Waals surface area contributed by atoms with Gasteiger partial charge in [-0.3, -0.25) is 9.88 Å². The smallest absolute Gasteiger partial charge is 0.416 e. The average molecular weight is 471 g/mol. The highest BCUT2D eigenvalue weighted by Gasteiger charge is 2.41. The summed E-state index contributed by atoms with van der Waals surface area (Å²) in [6, 6.07) is 3.82. The molecule has 174 valence electrons. The molecule has 2 saturated heterocycles. The van der Waals surface area contributed by atoms with Gasteiger partial charge in [0.2, 0.25) is 15.9 Å². The van der Waals surface area contributed by atoms with Gasteiger partial charge in [0, 0.05) is 38.6 Å². The van der Waals surface area contributed by atoms with Crippen LogP contribution in [0.25, 0.3) is 0 Å². The van der Waals surface area contributed by atoms with Crippen LogP contribution in [0, 0.1) is 0 Å². The topological polar surface area (TPSA) is 75.6 Å². The Morgan fingerprint density at radius 1 is 1.12 bits per heavy atom. The lowest BCUT2D eigenvalue weighted by Crippen LogP contribution is -2.51. The molecule has 2 aliphatic rings. The number of sulfonamides is 1. The van der Waals surface area contributed by atoms with Crippen molar-refractivity contribution in [1.29, 1.82) is 0 Å². The molecule has 2 fully saturated rings. The van der Waals surface area contributed by atoms with Crippen LogP contribution in [-0.4, -0.2) is 65.9 Å². The second kappa shape index (κ2) is 8.60. The molecule has 0 aliphatic carbocycles. The van der Waals surface area contributed by atoms with E-state index in [0.717, 1.165) is 17.8 Å². The minimum absolute atomic E-state index is 0.0720. The lowest BCUT2D eigenvalue weighted by molar-refractivity contribution is -0.137. The third-order valence-corrected chi connectivity index (χ3v) is 7.73. The van der Waals surface area contributed by atoms with Crippen LogP contribution in [0.2, 0.25) is 0 Å². The average Bonchev–Trinajstić information content (AvgIpc) is 3.15. The summed E-state index contributed by atoms with van der Waals surface area (Å²) in [7, 11) is -4.03. The van der Waals surface area contributed by atoms with Gasteiger partial charge in [-0.1, -0.05) is 19.9 Å². The predicted molar refractivity (Wildman–Crippen MR) is 111 cm³/mol. The third kappa shape index (κ3) is 4.74. The van der Waals surface area contributed by atoms with Crippen molar-refractivity contribution in [3.8, 4) is 5.88 Å². The van der Waals surface area contributed by atoms with Gasteiger partial charge in [0.25, 0.3) is 0 Å². The van der Waals surface area contributed by atoms with Crippen molar-refractivity contribution < 1.29 is 26.3 Å². The van der Waals surface area contributed by atoms with Crippen LogP contribution < -0.4 is 4.74 Å². The van der Waals surface area contributed by atoms with Crippen LogP contribution in [0.15, 0.2) is 41.6 Å². The van der Waals surface area contributed by atoms with Crippen molar-refractivity contribution in [2.24, 2.45) is 0 Å². The molecule has 3 heterocycles. The van der Waals surface area contributed by atoms with Crippen LogP contribution in [-0.2, 0) is 16.2 Å². The van der Waals surface area contributed by atoms with Crippen molar-refractivity contribution in [1.82, 2.24) is 19.2 Å². The summed E-state index contributed by atoms with van der Waals surface area (Å²) in [5, 5.41) is 0. The van der Waals surface area contributed by atoms with Gasteiger partial charge in [-0.05, 0) is 24.1 Å². The van der Waals surface area contributed by atoms with Gasteiger partial charge in [-0.15, -0.1) is 0 Å². The molecule has 0 radical (unpaired) electrons. The van der Waals surface area contributed by atoms with Crippen LogP contribution in [0.4, 0.5) is 13.2 Å². The van der Waals surface area contributed by atoms with E-state index in [1.165, 1.54) is 10.4 Å². The minimum Gasteiger partial charge on any atom is -0.472 e. The molecule has 0 N–H and O–H groups in total. The zero-order chi connectivity index (χ0) is 23.1. The summed E-state index contributed by atoms with van der Waals surface area (Å²) in [6.45, 7) is 5.59. The number of fused-ring (bicyclic) bond motifs is 1. The fourth-order valence-corrected chi connectivity index (χ4v) is 5.62. The van der Waals surface area contributed by atoms with Crippen LogP contribution in [0.5, 0.6) is 5.88 Å². The lowest BCUT2D eigenvalue weighted by Gasteiger charge is -2.36. The van der Waals surface area contributed by atoms with E-state index in [0.29, 0.717) is 31.5 Å². The molecule has 1 aromatic heterocycles. The molecule has 2 aromatic rings. The number of piperazine rings is 1. The van der Waals surface area contributed by atoms with Gasteiger partial charge < -0.3 is 4.74 Å². The Morgan fingerprint density at radius 2 is 1.91 bits per heavy atom. The Kier molecular flexibility index (Phi) is 6.17. The van der Waals surface area contributed by atoms with Crippen molar-refractivity contribution in [3.63, 3.8) is 0 Å². The molecule has 7 nitrogen and oxygen atoms in total. The van der Waals surface area contributed by atoms with Gasteiger partial charge >= 0.3 is 6.18 Å². The normalized spacial score (nSPS) is 22.8. The largest absolute Gasteiger partial charge is 0.472 e. The first kappa shape index (κ1) is 22.9. The first-order chi connectivity index (χ1) is 15.0. The second-order valence-corrected chi connectivity index (χ2v) is 10.4. The molecule has 1 aromatic carbocycles. The number of aromatic nitrogens is 2. The highest BCUT2D eigenvalue weighted by atomic mass is 32.2. The van der Waals surface area contributed by atoms with E-state index in [4.69, 9.17) is 4.74 Å². The first-order valence-electron chi connectivity index (χ1n) is 10.4. The number of rotatable bonds is 5. The van der Waals surface area contributed by atoms with Gasteiger partial charge in [0.1, 0.15) is 6.10 Å². The van der Waals surface area contributed by atoms with Crippen molar-refractivity contribution >= 4 is 10.0 Å². The Hall–Kier alpha value is -2.24. The zero-order valence-corrected chi connectivity index (χ0v) is 18.6. The maximum atomic E-state index is 13.0. The molecule has 2 aliphatic heterocycles. The number of ether oxygens (including phenoxy) is 1. The molecule has 0 amide bonds. The van der Waals surface area contributed by atoms with Crippen molar-refractivity contribution in [2.45, 2.75) is 49.4 Å². The number of hydrogen-bond acceptors (Lipinski definition) is 6. The number of benzene rings is 1. The van der Waals surface area contributed by atoms with Gasteiger partial charge in [0.05, 0.1) is 28.5 Å². The summed E-state index contributed by atoms with van der Waals surface area (Å²) >= 11 is 0. The summed E-state index contributed by atoms with van der Waals surface area (Å²) in [4.78, 5) is 10.5. The van der Waals surface area contributed by atoms with Crippen molar-refractivity contribution in [2.75, 3.05) is 26.2 Å². The van der Waals surface area contributed by atoms with Crippen molar-refractivity contribution in [3.05, 3.63) is 47.9 Å². The number of nitrogens with zero attached hydrogens (tertiary/aromatic N) is 4. The van der Waals surface area contributed by atoms with Gasteiger partial charge in [-0.2, -0.15) is 17.5 Å². The number of alkyl halides is 3. The third-order valence-electron chi connectivity index (χ3n) is 5.87. The van der Waals surface area contributed by atoms with E-state index in [1.807, 2.05) is 13.8 Å².